The van der Waals surface area contributed by atoms with Crippen molar-refractivity contribution in [2.75, 3.05) is 16.4 Å². The van der Waals surface area contributed by atoms with Crippen LogP contribution in [0.5, 0.6) is 0 Å². The van der Waals surface area contributed by atoms with Gasteiger partial charge in [0.25, 0.3) is 5.91 Å². The Morgan fingerprint density at radius 1 is 1.22 bits per heavy atom. The van der Waals surface area contributed by atoms with Crippen molar-refractivity contribution in [2.45, 2.75) is 31.9 Å². The van der Waals surface area contributed by atoms with Crippen molar-refractivity contribution in [3.05, 3.63) is 35.5 Å². The van der Waals surface area contributed by atoms with E-state index in [-0.39, 0.29) is 17.6 Å². The van der Waals surface area contributed by atoms with Crippen molar-refractivity contribution in [1.29, 1.82) is 0 Å². The maximum atomic E-state index is 12.5. The number of thiazole rings is 1. The van der Waals surface area contributed by atoms with E-state index in [9.17, 15) is 14.4 Å². The van der Waals surface area contributed by atoms with Gasteiger partial charge in [-0.05, 0) is 25.1 Å². The third-order valence-corrected chi connectivity index (χ3v) is 5.84. The smallest absolute Gasteiger partial charge is 0.257 e. The molecule has 0 aliphatic carbocycles. The lowest BCUT2D eigenvalue weighted by atomic mass is 9.95. The van der Waals surface area contributed by atoms with Gasteiger partial charge in [-0.2, -0.15) is 0 Å². The number of nitrogens with zero attached hydrogens (tertiary/aromatic N) is 1. The topological polar surface area (TPSA) is 114 Å². The number of nitrogens with two attached hydrogens (primary N) is 1. The predicted molar refractivity (Wildman–Crippen MR) is 109 cm³/mol. The summed E-state index contributed by atoms with van der Waals surface area (Å²) in [5.74, 6) is -0.715. The molecule has 144 valence electrons. The van der Waals surface area contributed by atoms with Crippen LogP contribution < -0.4 is 16.4 Å². The van der Waals surface area contributed by atoms with Crippen LogP contribution in [0.4, 0.5) is 10.8 Å². The Morgan fingerprint density at radius 3 is 2.56 bits per heavy atom. The molecule has 0 saturated carbocycles. The Morgan fingerprint density at radius 2 is 1.93 bits per heavy atom. The molecule has 1 aromatic heterocycles. The van der Waals surface area contributed by atoms with Crippen LogP contribution in [-0.4, -0.2) is 28.5 Å². The van der Waals surface area contributed by atoms with Crippen LogP contribution >= 0.6 is 23.1 Å². The molecule has 9 heteroatoms. The van der Waals surface area contributed by atoms with E-state index >= 15 is 0 Å². The summed E-state index contributed by atoms with van der Waals surface area (Å²) in [6, 6.07) is 6.70. The minimum atomic E-state index is -0.532. The summed E-state index contributed by atoms with van der Waals surface area (Å²) in [5, 5.41) is 5.99. The van der Waals surface area contributed by atoms with E-state index in [0.29, 0.717) is 16.4 Å². The fourth-order valence-corrected chi connectivity index (χ4v) is 3.80. The van der Waals surface area contributed by atoms with Gasteiger partial charge in [0.1, 0.15) is 0 Å². The lowest BCUT2D eigenvalue weighted by Crippen LogP contribution is -2.27. The van der Waals surface area contributed by atoms with Crippen LogP contribution in [0, 0.1) is 12.3 Å². The van der Waals surface area contributed by atoms with Gasteiger partial charge in [0.15, 0.2) is 5.13 Å². The molecule has 2 rings (SSSR count). The molecule has 0 aliphatic heterocycles. The Labute approximate surface area is 166 Å². The van der Waals surface area contributed by atoms with E-state index in [0.717, 1.165) is 9.90 Å². The van der Waals surface area contributed by atoms with E-state index < -0.39 is 11.3 Å². The zero-order valence-corrected chi connectivity index (χ0v) is 17.2. The quantitative estimate of drug-likeness (QED) is 0.637. The fourth-order valence-electron chi connectivity index (χ4n) is 1.93. The van der Waals surface area contributed by atoms with Gasteiger partial charge in [-0.3, -0.25) is 19.7 Å². The average molecular weight is 407 g/mol. The van der Waals surface area contributed by atoms with Gasteiger partial charge in [0, 0.05) is 16.7 Å². The van der Waals surface area contributed by atoms with Gasteiger partial charge in [0.05, 0.1) is 15.7 Å². The van der Waals surface area contributed by atoms with E-state index in [1.807, 2.05) is 20.8 Å². The minimum Gasteiger partial charge on any atom is -0.369 e. The van der Waals surface area contributed by atoms with Crippen LogP contribution in [-0.2, 0) is 9.59 Å². The monoisotopic (exact) mass is 406 g/mol. The second kappa shape index (κ2) is 8.53. The molecule has 0 aliphatic rings. The van der Waals surface area contributed by atoms with Crippen molar-refractivity contribution in [3.8, 4) is 0 Å². The van der Waals surface area contributed by atoms with Crippen molar-refractivity contribution >= 4 is 51.6 Å². The normalized spacial score (nSPS) is 11.1. The van der Waals surface area contributed by atoms with Gasteiger partial charge < -0.3 is 11.1 Å². The number of amides is 3. The summed E-state index contributed by atoms with van der Waals surface area (Å²) in [7, 11) is 0. The number of aromatic nitrogens is 1. The highest BCUT2D eigenvalue weighted by atomic mass is 32.2. The number of carbonyl (C=O) groups is 3. The van der Waals surface area contributed by atoms with E-state index in [4.69, 9.17) is 5.73 Å². The molecule has 0 spiro atoms. The Kier molecular flexibility index (Phi) is 6.61. The van der Waals surface area contributed by atoms with Crippen LogP contribution in [0.2, 0.25) is 0 Å². The second-order valence-corrected chi connectivity index (χ2v) is 9.13. The number of aryl methyl sites for hydroxylation is 1. The van der Waals surface area contributed by atoms with Gasteiger partial charge >= 0.3 is 0 Å². The summed E-state index contributed by atoms with van der Waals surface area (Å²) in [5.41, 5.74) is 6.31. The molecule has 0 radical (unpaired) electrons. The largest absolute Gasteiger partial charge is 0.369 e. The standard InChI is InChI=1S/C18H22N4O3S2/c1-10-15(26-9-13(19)23)27-17(20-10)22-14(24)11-6-5-7-12(8-11)21-16(25)18(2,3)4/h5-8H,9H2,1-4H3,(H2,19,23)(H,21,25)(H,20,22,24). The highest BCUT2D eigenvalue weighted by Crippen LogP contribution is 2.32. The second-order valence-electron chi connectivity index (χ2n) is 6.89. The maximum Gasteiger partial charge on any atom is 0.257 e. The summed E-state index contributed by atoms with van der Waals surface area (Å²) in [6.07, 6.45) is 0. The number of thioether (sulfide) groups is 1. The zero-order chi connectivity index (χ0) is 20.2. The molecule has 1 heterocycles. The average Bonchev–Trinajstić information content (AvgIpc) is 2.91. The lowest BCUT2D eigenvalue weighted by Gasteiger charge is -2.17. The molecule has 1 aromatic carbocycles. The van der Waals surface area contributed by atoms with Crippen molar-refractivity contribution in [1.82, 2.24) is 4.98 Å². The number of benzene rings is 1. The Hall–Kier alpha value is -2.39. The number of carbonyl (C=O) groups excluding carboxylic acids is 3. The van der Waals surface area contributed by atoms with Gasteiger partial charge in [-0.25, -0.2) is 4.98 Å². The number of anilines is 2. The molecule has 0 unspecified atom stereocenters. The summed E-state index contributed by atoms with van der Waals surface area (Å²) >= 11 is 2.58. The molecule has 0 fully saturated rings. The SMILES string of the molecule is Cc1nc(NC(=O)c2cccc(NC(=O)C(C)(C)C)c2)sc1SCC(N)=O. The summed E-state index contributed by atoms with van der Waals surface area (Å²) < 4.78 is 0.829. The van der Waals surface area contributed by atoms with Crippen LogP contribution in [0.25, 0.3) is 0 Å². The molecule has 3 amide bonds. The lowest BCUT2D eigenvalue weighted by molar-refractivity contribution is -0.123. The summed E-state index contributed by atoms with van der Waals surface area (Å²) in [6.45, 7) is 7.25. The third kappa shape index (κ3) is 6.07. The first-order valence-electron chi connectivity index (χ1n) is 8.17. The van der Waals surface area contributed by atoms with Gasteiger partial charge in [0.2, 0.25) is 11.8 Å². The highest BCUT2D eigenvalue weighted by molar-refractivity contribution is 8.01. The molecule has 0 bridgehead atoms. The molecule has 27 heavy (non-hydrogen) atoms. The summed E-state index contributed by atoms with van der Waals surface area (Å²) in [4.78, 5) is 39.8. The number of hydrogen-bond acceptors (Lipinski definition) is 6. The first kappa shape index (κ1) is 20.9. The molecule has 0 saturated heterocycles. The number of nitrogens with one attached hydrogen (secondary N) is 2. The van der Waals surface area contributed by atoms with Crippen molar-refractivity contribution in [2.24, 2.45) is 11.1 Å². The highest BCUT2D eigenvalue weighted by Gasteiger charge is 2.21. The van der Waals surface area contributed by atoms with E-state index in [2.05, 4.69) is 15.6 Å². The van der Waals surface area contributed by atoms with Crippen molar-refractivity contribution < 1.29 is 14.4 Å². The number of hydrogen-bond donors (Lipinski definition) is 3. The number of rotatable bonds is 6. The van der Waals surface area contributed by atoms with Crippen LogP contribution in [0.1, 0.15) is 36.8 Å². The molecular weight excluding hydrogens is 384 g/mol. The Balaban J connectivity index is 2.08. The van der Waals surface area contributed by atoms with Gasteiger partial charge in [-0.1, -0.05) is 38.2 Å². The Bertz CT molecular complexity index is 872. The van der Waals surface area contributed by atoms with Crippen LogP contribution in [0.3, 0.4) is 0 Å². The maximum absolute atomic E-state index is 12.5. The molecule has 7 nitrogen and oxygen atoms in total. The zero-order valence-electron chi connectivity index (χ0n) is 15.6. The first-order chi connectivity index (χ1) is 12.6. The molecule has 0 atom stereocenters. The molecular formula is C18H22N4O3S2. The number of primary amides is 1. The van der Waals surface area contributed by atoms with Crippen LogP contribution in [0.15, 0.2) is 28.5 Å². The molecule has 2 aromatic rings. The predicted octanol–water partition coefficient (Wildman–Crippen LogP) is 3.27. The third-order valence-electron chi connectivity index (χ3n) is 3.38. The van der Waals surface area contributed by atoms with Gasteiger partial charge in [-0.15, -0.1) is 11.8 Å². The molecule has 4 N–H and O–H groups in total. The fraction of sp³-hybridized carbons (Fsp3) is 0.333. The van der Waals surface area contributed by atoms with Crippen molar-refractivity contribution in [3.63, 3.8) is 0 Å². The first-order valence-corrected chi connectivity index (χ1v) is 9.98. The van der Waals surface area contributed by atoms with E-state index in [1.165, 1.54) is 23.1 Å². The van der Waals surface area contributed by atoms with E-state index in [1.54, 1.807) is 31.2 Å². The minimum absolute atomic E-state index is 0.133.